The third kappa shape index (κ3) is 1.75. The SMILES string of the molecule is Cn1ncc(Cl)c1-c1csc(C(N)=O)c1. The van der Waals surface area contributed by atoms with Crippen molar-refractivity contribution in [3.05, 3.63) is 27.5 Å². The van der Waals surface area contributed by atoms with Crippen LogP contribution in [0.4, 0.5) is 0 Å². The zero-order chi connectivity index (χ0) is 11.0. The number of aromatic nitrogens is 2. The van der Waals surface area contributed by atoms with Crippen LogP contribution in [0, 0.1) is 0 Å². The third-order valence-electron chi connectivity index (χ3n) is 2.01. The van der Waals surface area contributed by atoms with Gasteiger partial charge in [0.05, 0.1) is 21.8 Å². The molecule has 2 aromatic heterocycles. The Morgan fingerprint density at radius 1 is 1.67 bits per heavy atom. The maximum Gasteiger partial charge on any atom is 0.258 e. The fraction of sp³-hybridized carbons (Fsp3) is 0.111. The van der Waals surface area contributed by atoms with Gasteiger partial charge in [-0.25, -0.2) is 0 Å². The number of primary amides is 1. The van der Waals surface area contributed by atoms with E-state index in [0.717, 1.165) is 11.3 Å². The highest BCUT2D eigenvalue weighted by Gasteiger charge is 2.12. The molecule has 0 saturated heterocycles. The van der Waals surface area contributed by atoms with Crippen LogP contribution in [0.2, 0.25) is 5.02 Å². The van der Waals surface area contributed by atoms with Gasteiger partial charge in [0, 0.05) is 18.0 Å². The summed E-state index contributed by atoms with van der Waals surface area (Å²) in [5.74, 6) is -0.426. The van der Waals surface area contributed by atoms with Crippen LogP contribution in [0.3, 0.4) is 0 Å². The van der Waals surface area contributed by atoms with Crippen LogP contribution in [0.15, 0.2) is 17.6 Å². The van der Waals surface area contributed by atoms with E-state index in [9.17, 15) is 4.79 Å². The quantitative estimate of drug-likeness (QED) is 0.873. The predicted octanol–water partition coefficient (Wildman–Crippen LogP) is 1.90. The van der Waals surface area contributed by atoms with Gasteiger partial charge in [0.15, 0.2) is 0 Å². The van der Waals surface area contributed by atoms with Gasteiger partial charge < -0.3 is 5.73 Å². The topological polar surface area (TPSA) is 60.9 Å². The van der Waals surface area contributed by atoms with Gasteiger partial charge in [-0.15, -0.1) is 11.3 Å². The molecule has 4 nitrogen and oxygen atoms in total. The molecule has 0 aliphatic carbocycles. The lowest BCUT2D eigenvalue weighted by molar-refractivity contribution is 0.100. The van der Waals surface area contributed by atoms with Gasteiger partial charge in [-0.1, -0.05) is 11.6 Å². The van der Waals surface area contributed by atoms with E-state index in [1.165, 1.54) is 11.3 Å². The lowest BCUT2D eigenvalue weighted by Gasteiger charge is -1.98. The lowest BCUT2D eigenvalue weighted by Crippen LogP contribution is -2.08. The second kappa shape index (κ2) is 3.67. The van der Waals surface area contributed by atoms with Crippen molar-refractivity contribution in [2.75, 3.05) is 0 Å². The van der Waals surface area contributed by atoms with Crippen molar-refractivity contribution in [2.45, 2.75) is 0 Å². The normalized spacial score (nSPS) is 10.5. The van der Waals surface area contributed by atoms with Crippen LogP contribution in [-0.2, 0) is 7.05 Å². The second-order valence-corrected chi connectivity index (χ2v) is 4.35. The van der Waals surface area contributed by atoms with E-state index in [2.05, 4.69) is 5.10 Å². The molecule has 78 valence electrons. The van der Waals surface area contributed by atoms with E-state index in [0.29, 0.717) is 9.90 Å². The van der Waals surface area contributed by atoms with Crippen molar-refractivity contribution in [1.29, 1.82) is 0 Å². The molecule has 15 heavy (non-hydrogen) atoms. The first-order valence-electron chi connectivity index (χ1n) is 4.16. The zero-order valence-electron chi connectivity index (χ0n) is 7.90. The van der Waals surface area contributed by atoms with E-state index in [-0.39, 0.29) is 0 Å². The Morgan fingerprint density at radius 3 is 2.87 bits per heavy atom. The standard InChI is InChI=1S/C9H8ClN3OS/c1-13-8(6(10)3-12-13)5-2-7(9(11)14)15-4-5/h2-4H,1H3,(H2,11,14). The Balaban J connectivity index is 2.50. The molecule has 1 amide bonds. The van der Waals surface area contributed by atoms with Crippen LogP contribution >= 0.6 is 22.9 Å². The maximum absolute atomic E-state index is 10.9. The van der Waals surface area contributed by atoms with Crippen molar-refractivity contribution in [3.8, 4) is 11.3 Å². The summed E-state index contributed by atoms with van der Waals surface area (Å²) in [6.45, 7) is 0. The van der Waals surface area contributed by atoms with Gasteiger partial charge in [0.25, 0.3) is 5.91 Å². The van der Waals surface area contributed by atoms with Crippen molar-refractivity contribution < 1.29 is 4.79 Å². The molecule has 0 aromatic carbocycles. The number of aryl methyl sites for hydroxylation is 1. The van der Waals surface area contributed by atoms with Gasteiger partial charge in [-0.2, -0.15) is 5.10 Å². The molecule has 0 atom stereocenters. The van der Waals surface area contributed by atoms with Crippen LogP contribution in [0.25, 0.3) is 11.3 Å². The molecule has 0 aliphatic heterocycles. The number of rotatable bonds is 2. The number of carbonyl (C=O) groups is 1. The van der Waals surface area contributed by atoms with Gasteiger partial charge in [-0.3, -0.25) is 9.48 Å². The van der Waals surface area contributed by atoms with Gasteiger partial charge in [0.2, 0.25) is 0 Å². The summed E-state index contributed by atoms with van der Waals surface area (Å²) in [7, 11) is 1.79. The van der Waals surface area contributed by atoms with Crippen LogP contribution in [0.5, 0.6) is 0 Å². The molecule has 0 unspecified atom stereocenters. The predicted molar refractivity (Wildman–Crippen MR) is 60.0 cm³/mol. The van der Waals surface area contributed by atoms with E-state index in [1.54, 1.807) is 24.0 Å². The number of halogens is 1. The van der Waals surface area contributed by atoms with Crippen LogP contribution < -0.4 is 5.73 Å². The molecule has 0 bridgehead atoms. The maximum atomic E-state index is 10.9. The fourth-order valence-corrected chi connectivity index (χ4v) is 2.34. The van der Waals surface area contributed by atoms with E-state index in [4.69, 9.17) is 17.3 Å². The highest BCUT2D eigenvalue weighted by Crippen LogP contribution is 2.30. The Hall–Kier alpha value is -1.33. The molecule has 2 rings (SSSR count). The highest BCUT2D eigenvalue weighted by atomic mass is 35.5. The monoisotopic (exact) mass is 241 g/mol. The molecule has 0 saturated carbocycles. The number of hydrogen-bond acceptors (Lipinski definition) is 3. The molecular formula is C9H8ClN3OS. The molecule has 0 radical (unpaired) electrons. The summed E-state index contributed by atoms with van der Waals surface area (Å²) in [6.07, 6.45) is 1.57. The Labute approximate surface area is 95.3 Å². The number of nitrogens with zero attached hydrogens (tertiary/aromatic N) is 2. The summed E-state index contributed by atoms with van der Waals surface area (Å²) in [5.41, 5.74) is 6.82. The Kier molecular flexibility index (Phi) is 2.50. The fourth-order valence-electron chi connectivity index (χ4n) is 1.33. The number of amides is 1. The minimum atomic E-state index is -0.426. The molecule has 6 heteroatoms. The molecular weight excluding hydrogens is 234 g/mol. The molecule has 2 aromatic rings. The van der Waals surface area contributed by atoms with Crippen LogP contribution in [-0.4, -0.2) is 15.7 Å². The van der Waals surface area contributed by atoms with Crippen molar-refractivity contribution in [1.82, 2.24) is 9.78 Å². The molecule has 2 heterocycles. The first-order valence-corrected chi connectivity index (χ1v) is 5.41. The number of hydrogen-bond donors (Lipinski definition) is 1. The summed E-state index contributed by atoms with van der Waals surface area (Å²) >= 11 is 7.27. The average molecular weight is 242 g/mol. The van der Waals surface area contributed by atoms with E-state index < -0.39 is 5.91 Å². The minimum absolute atomic E-state index is 0.426. The zero-order valence-corrected chi connectivity index (χ0v) is 9.47. The van der Waals surface area contributed by atoms with Gasteiger partial charge in [-0.05, 0) is 6.07 Å². The van der Waals surface area contributed by atoms with Crippen LogP contribution in [0.1, 0.15) is 9.67 Å². The molecule has 0 aliphatic rings. The van der Waals surface area contributed by atoms with Crippen molar-refractivity contribution >= 4 is 28.8 Å². The second-order valence-electron chi connectivity index (χ2n) is 3.03. The van der Waals surface area contributed by atoms with E-state index >= 15 is 0 Å². The average Bonchev–Trinajstić information content (AvgIpc) is 2.73. The summed E-state index contributed by atoms with van der Waals surface area (Å²) in [5, 5.41) is 6.42. The number of nitrogens with two attached hydrogens (primary N) is 1. The highest BCUT2D eigenvalue weighted by molar-refractivity contribution is 7.12. The largest absolute Gasteiger partial charge is 0.365 e. The molecule has 0 spiro atoms. The molecule has 0 fully saturated rings. The van der Waals surface area contributed by atoms with Crippen molar-refractivity contribution in [2.24, 2.45) is 12.8 Å². The number of thiophene rings is 1. The number of carbonyl (C=O) groups excluding carboxylic acids is 1. The Morgan fingerprint density at radius 2 is 2.40 bits per heavy atom. The van der Waals surface area contributed by atoms with E-state index in [1.807, 2.05) is 5.38 Å². The van der Waals surface area contributed by atoms with Gasteiger partial charge in [0.1, 0.15) is 0 Å². The smallest absolute Gasteiger partial charge is 0.258 e. The lowest BCUT2D eigenvalue weighted by atomic mass is 10.2. The van der Waals surface area contributed by atoms with Gasteiger partial charge >= 0.3 is 0 Å². The first kappa shape index (κ1) is 10.2. The third-order valence-corrected chi connectivity index (χ3v) is 3.23. The Bertz CT molecular complexity index is 498. The minimum Gasteiger partial charge on any atom is -0.365 e. The summed E-state index contributed by atoms with van der Waals surface area (Å²) < 4.78 is 1.66. The van der Waals surface area contributed by atoms with Crippen molar-refractivity contribution in [3.63, 3.8) is 0 Å². The molecule has 2 N–H and O–H groups in total. The first-order chi connectivity index (χ1) is 7.09. The summed E-state index contributed by atoms with van der Waals surface area (Å²) in [4.78, 5) is 11.4. The summed E-state index contributed by atoms with van der Waals surface area (Å²) in [6, 6.07) is 1.72.